The molecule has 0 amide bonds. The van der Waals surface area contributed by atoms with E-state index < -0.39 is 5.82 Å². The highest BCUT2D eigenvalue weighted by atomic mass is 35.5. The van der Waals surface area contributed by atoms with Gasteiger partial charge in [-0.3, -0.25) is 5.43 Å². The highest BCUT2D eigenvalue weighted by Crippen LogP contribution is 2.32. The summed E-state index contributed by atoms with van der Waals surface area (Å²) in [6, 6.07) is 11.2. The largest absolute Gasteiger partial charge is 0.492 e. The molecule has 1 heterocycles. The molecule has 128 valence electrons. The van der Waals surface area contributed by atoms with Gasteiger partial charge in [-0.1, -0.05) is 41.9 Å². The van der Waals surface area contributed by atoms with E-state index in [1.165, 1.54) is 30.7 Å². The third kappa shape index (κ3) is 3.81. The highest BCUT2D eigenvalue weighted by molar-refractivity contribution is 7.14. The van der Waals surface area contributed by atoms with E-state index >= 15 is 0 Å². The van der Waals surface area contributed by atoms with Crippen molar-refractivity contribution in [1.82, 2.24) is 4.98 Å². The van der Waals surface area contributed by atoms with Crippen LogP contribution < -0.4 is 10.2 Å². The van der Waals surface area contributed by atoms with Gasteiger partial charge in [0, 0.05) is 16.5 Å². The van der Waals surface area contributed by atoms with E-state index in [4.69, 9.17) is 16.3 Å². The fraction of sp³-hybridized carbons (Fsp3) is 0.111. The number of rotatable bonds is 5. The Bertz CT molecular complexity index is 912. The Morgan fingerprint density at radius 2 is 2.08 bits per heavy atom. The van der Waals surface area contributed by atoms with Gasteiger partial charge in [0.15, 0.2) is 11.6 Å². The minimum absolute atomic E-state index is 0.0386. The molecule has 7 heteroatoms. The van der Waals surface area contributed by atoms with E-state index in [0.29, 0.717) is 16.3 Å². The van der Waals surface area contributed by atoms with E-state index in [0.717, 1.165) is 11.3 Å². The Balaban J connectivity index is 1.75. The number of benzene rings is 2. The van der Waals surface area contributed by atoms with Crippen LogP contribution in [0, 0.1) is 12.7 Å². The average Bonchev–Trinajstić information content (AvgIpc) is 3.09. The van der Waals surface area contributed by atoms with Gasteiger partial charge in [-0.25, -0.2) is 9.37 Å². The molecule has 3 rings (SSSR count). The fourth-order valence-electron chi connectivity index (χ4n) is 2.26. The third-order valence-electron chi connectivity index (χ3n) is 3.60. The van der Waals surface area contributed by atoms with Gasteiger partial charge in [0.25, 0.3) is 0 Å². The molecule has 4 nitrogen and oxygen atoms in total. The molecule has 0 saturated heterocycles. The molecule has 0 bridgehead atoms. The third-order valence-corrected chi connectivity index (χ3v) is 4.80. The number of methoxy groups -OCH3 is 1. The van der Waals surface area contributed by atoms with Gasteiger partial charge in [-0.2, -0.15) is 5.10 Å². The molecule has 0 atom stereocenters. The molecular formula is C18H15ClFN3OS. The lowest BCUT2D eigenvalue weighted by Crippen LogP contribution is -1.98. The van der Waals surface area contributed by atoms with Crippen molar-refractivity contribution in [2.24, 2.45) is 5.10 Å². The Labute approximate surface area is 153 Å². The van der Waals surface area contributed by atoms with Crippen molar-refractivity contribution in [3.05, 3.63) is 63.7 Å². The number of halogens is 2. The first-order valence-corrected chi connectivity index (χ1v) is 8.68. The summed E-state index contributed by atoms with van der Waals surface area (Å²) in [7, 11) is 1.38. The van der Waals surface area contributed by atoms with E-state index in [1.807, 2.05) is 35.7 Å². The van der Waals surface area contributed by atoms with E-state index in [2.05, 4.69) is 15.5 Å². The van der Waals surface area contributed by atoms with Crippen molar-refractivity contribution < 1.29 is 9.13 Å². The van der Waals surface area contributed by atoms with Crippen LogP contribution in [0.15, 0.2) is 46.9 Å². The first-order chi connectivity index (χ1) is 12.1. The summed E-state index contributed by atoms with van der Waals surface area (Å²) in [5, 5.41) is 6.96. The van der Waals surface area contributed by atoms with Gasteiger partial charge >= 0.3 is 0 Å². The molecule has 2 aromatic carbocycles. The molecule has 0 unspecified atom stereocenters. The van der Waals surface area contributed by atoms with Gasteiger partial charge in [-0.05, 0) is 18.6 Å². The van der Waals surface area contributed by atoms with Crippen molar-refractivity contribution in [3.8, 4) is 17.0 Å². The number of nitrogens with zero attached hydrogens (tertiary/aromatic N) is 2. The fourth-order valence-corrected chi connectivity index (χ4v) is 3.20. The van der Waals surface area contributed by atoms with Crippen molar-refractivity contribution in [2.75, 3.05) is 12.5 Å². The van der Waals surface area contributed by atoms with Crippen LogP contribution in [0.25, 0.3) is 11.3 Å². The zero-order valence-electron chi connectivity index (χ0n) is 13.6. The summed E-state index contributed by atoms with van der Waals surface area (Å²) in [4.78, 5) is 4.47. The molecule has 0 aliphatic rings. The number of thiazole rings is 1. The minimum atomic E-state index is -0.528. The monoisotopic (exact) mass is 375 g/mol. The lowest BCUT2D eigenvalue weighted by Gasteiger charge is -2.09. The van der Waals surface area contributed by atoms with Crippen LogP contribution >= 0.6 is 22.9 Å². The second kappa shape index (κ2) is 7.63. The van der Waals surface area contributed by atoms with Crippen molar-refractivity contribution in [2.45, 2.75) is 6.92 Å². The highest BCUT2D eigenvalue weighted by Gasteiger charge is 2.13. The number of ether oxygens (including phenoxy) is 1. The second-order valence-electron chi connectivity index (χ2n) is 5.19. The van der Waals surface area contributed by atoms with Crippen LogP contribution in [0.4, 0.5) is 9.52 Å². The Morgan fingerprint density at radius 1 is 1.32 bits per heavy atom. The lowest BCUT2D eigenvalue weighted by atomic mass is 10.1. The van der Waals surface area contributed by atoms with Gasteiger partial charge in [0.1, 0.15) is 0 Å². The maximum absolute atomic E-state index is 13.9. The minimum Gasteiger partial charge on any atom is -0.492 e. The Kier molecular flexibility index (Phi) is 5.31. The summed E-state index contributed by atoms with van der Waals surface area (Å²) < 4.78 is 18.9. The summed E-state index contributed by atoms with van der Waals surface area (Å²) in [5.74, 6) is -0.489. The van der Waals surface area contributed by atoms with E-state index in [1.54, 1.807) is 6.92 Å². The summed E-state index contributed by atoms with van der Waals surface area (Å²) in [6.07, 6.45) is 1.51. The van der Waals surface area contributed by atoms with Gasteiger partial charge < -0.3 is 4.74 Å². The quantitative estimate of drug-likeness (QED) is 0.482. The van der Waals surface area contributed by atoms with Crippen LogP contribution in [0.3, 0.4) is 0 Å². The van der Waals surface area contributed by atoms with Crippen LogP contribution in [0.2, 0.25) is 5.02 Å². The normalized spacial score (nSPS) is 11.0. The van der Waals surface area contributed by atoms with Crippen molar-refractivity contribution in [1.29, 1.82) is 0 Å². The number of hydrazone groups is 1. The Hall–Kier alpha value is -2.44. The van der Waals surface area contributed by atoms with Crippen LogP contribution in [-0.4, -0.2) is 18.3 Å². The maximum atomic E-state index is 13.9. The molecule has 1 N–H and O–H groups in total. The second-order valence-corrected chi connectivity index (χ2v) is 6.43. The molecular weight excluding hydrogens is 361 g/mol. The predicted molar refractivity (Wildman–Crippen MR) is 101 cm³/mol. The van der Waals surface area contributed by atoms with Crippen molar-refractivity contribution in [3.63, 3.8) is 0 Å². The molecule has 25 heavy (non-hydrogen) atoms. The number of anilines is 1. The molecule has 0 spiro atoms. The molecule has 0 saturated carbocycles. The van der Waals surface area contributed by atoms with Gasteiger partial charge in [0.05, 0.1) is 24.0 Å². The molecule has 3 aromatic rings. The number of hydrogen-bond acceptors (Lipinski definition) is 5. The van der Waals surface area contributed by atoms with E-state index in [9.17, 15) is 4.39 Å². The molecule has 0 fully saturated rings. The molecule has 0 aliphatic heterocycles. The Morgan fingerprint density at radius 3 is 2.80 bits per heavy atom. The molecule has 1 aromatic heterocycles. The number of hydrogen-bond donors (Lipinski definition) is 1. The summed E-state index contributed by atoms with van der Waals surface area (Å²) in [5.41, 5.74) is 6.02. The zero-order chi connectivity index (χ0) is 17.8. The SMILES string of the molecule is COc1c(F)cc(C=NNc2nc(-c3ccccc3)cs2)c(C)c1Cl. The van der Waals surface area contributed by atoms with Crippen LogP contribution in [0.5, 0.6) is 5.75 Å². The molecule has 0 radical (unpaired) electrons. The van der Waals surface area contributed by atoms with Crippen LogP contribution in [-0.2, 0) is 0 Å². The zero-order valence-corrected chi connectivity index (χ0v) is 15.2. The number of nitrogens with one attached hydrogen (secondary N) is 1. The van der Waals surface area contributed by atoms with Gasteiger partial charge in [0.2, 0.25) is 5.13 Å². The standard InChI is InChI=1S/C18H15ClFN3OS/c1-11-13(8-14(20)17(24-2)16(11)19)9-21-23-18-22-15(10-25-18)12-6-4-3-5-7-12/h3-10H,1-2H3,(H,22,23). The topological polar surface area (TPSA) is 46.5 Å². The smallest absolute Gasteiger partial charge is 0.203 e. The average molecular weight is 376 g/mol. The summed E-state index contributed by atoms with van der Waals surface area (Å²) in [6.45, 7) is 1.78. The van der Waals surface area contributed by atoms with Gasteiger partial charge in [-0.15, -0.1) is 11.3 Å². The first kappa shape index (κ1) is 17.4. The predicted octanol–water partition coefficient (Wildman–Crippen LogP) is 5.37. The first-order valence-electron chi connectivity index (χ1n) is 7.42. The maximum Gasteiger partial charge on any atom is 0.203 e. The number of aromatic nitrogens is 1. The van der Waals surface area contributed by atoms with Crippen LogP contribution in [0.1, 0.15) is 11.1 Å². The summed E-state index contributed by atoms with van der Waals surface area (Å²) >= 11 is 7.55. The van der Waals surface area contributed by atoms with Crippen molar-refractivity contribution >= 4 is 34.3 Å². The lowest BCUT2D eigenvalue weighted by molar-refractivity contribution is 0.386. The molecule has 0 aliphatic carbocycles. The van der Waals surface area contributed by atoms with E-state index in [-0.39, 0.29) is 10.8 Å².